The first kappa shape index (κ1) is 13.3. The number of H-pyrrole nitrogens is 1. The molecule has 2 aromatic heterocycles. The summed E-state index contributed by atoms with van der Waals surface area (Å²) in [5.41, 5.74) is 4.16. The van der Waals surface area contributed by atoms with Crippen LogP contribution in [0.1, 0.15) is 35.9 Å². The molecule has 3 aromatic rings. The van der Waals surface area contributed by atoms with Crippen LogP contribution in [0.3, 0.4) is 0 Å². The van der Waals surface area contributed by atoms with Crippen LogP contribution in [0.15, 0.2) is 47.2 Å². The maximum Gasteiger partial charge on any atom is 0.226 e. The van der Waals surface area contributed by atoms with E-state index in [0.29, 0.717) is 12.5 Å². The zero-order chi connectivity index (χ0) is 14.8. The lowest BCUT2D eigenvalue weighted by atomic mass is 9.96. The lowest BCUT2D eigenvalue weighted by molar-refractivity contribution is 0.0237. The van der Waals surface area contributed by atoms with Crippen LogP contribution in [0.4, 0.5) is 0 Å². The van der Waals surface area contributed by atoms with Crippen molar-refractivity contribution in [2.24, 2.45) is 0 Å². The Morgan fingerprint density at radius 3 is 3.09 bits per heavy atom. The average Bonchev–Trinajstić information content (AvgIpc) is 3.23. The zero-order valence-corrected chi connectivity index (χ0v) is 12.2. The molecule has 5 heteroatoms. The molecule has 22 heavy (non-hydrogen) atoms. The van der Waals surface area contributed by atoms with Crippen LogP contribution in [0.2, 0.25) is 0 Å². The number of ether oxygens (including phenoxy) is 1. The number of benzene rings is 1. The van der Waals surface area contributed by atoms with Gasteiger partial charge in [0.05, 0.1) is 24.6 Å². The Hall–Kier alpha value is -2.40. The molecule has 0 saturated carbocycles. The Labute approximate surface area is 128 Å². The summed E-state index contributed by atoms with van der Waals surface area (Å²) in [4.78, 5) is 4.49. The van der Waals surface area contributed by atoms with E-state index in [2.05, 4.69) is 15.2 Å². The number of aromatic nitrogens is 3. The fourth-order valence-corrected chi connectivity index (χ4v) is 2.86. The van der Waals surface area contributed by atoms with Gasteiger partial charge in [-0.15, -0.1) is 0 Å². The third kappa shape index (κ3) is 2.55. The molecule has 2 heterocycles. The molecule has 0 aliphatic heterocycles. The first-order valence-corrected chi connectivity index (χ1v) is 7.54. The van der Waals surface area contributed by atoms with Crippen molar-refractivity contribution in [1.82, 2.24) is 15.2 Å². The first-order valence-electron chi connectivity index (χ1n) is 7.54. The Kier molecular flexibility index (Phi) is 3.48. The van der Waals surface area contributed by atoms with Gasteiger partial charge in [0.1, 0.15) is 12.0 Å². The molecule has 1 atom stereocenters. The minimum absolute atomic E-state index is 0.0723. The summed E-state index contributed by atoms with van der Waals surface area (Å²) in [6.07, 6.45) is 6.86. The van der Waals surface area contributed by atoms with Crippen LogP contribution >= 0.6 is 0 Å². The predicted octanol–water partition coefficient (Wildman–Crippen LogP) is 3.66. The molecule has 0 unspecified atom stereocenters. The van der Waals surface area contributed by atoms with E-state index in [1.165, 1.54) is 5.56 Å². The van der Waals surface area contributed by atoms with E-state index in [9.17, 15) is 0 Å². The molecule has 4 rings (SSSR count). The molecule has 0 amide bonds. The minimum atomic E-state index is 0.0723. The highest BCUT2D eigenvalue weighted by molar-refractivity contribution is 5.52. The number of aromatic amines is 1. The molecule has 0 radical (unpaired) electrons. The molecule has 1 aromatic carbocycles. The Balaban J connectivity index is 1.44. The van der Waals surface area contributed by atoms with Gasteiger partial charge >= 0.3 is 0 Å². The van der Waals surface area contributed by atoms with Gasteiger partial charge in [0, 0.05) is 5.56 Å². The van der Waals surface area contributed by atoms with Crippen LogP contribution in [-0.2, 0) is 17.8 Å². The molecule has 5 nitrogen and oxygen atoms in total. The molecule has 1 aliphatic rings. The average molecular weight is 295 g/mol. The van der Waals surface area contributed by atoms with E-state index >= 15 is 0 Å². The van der Waals surface area contributed by atoms with Gasteiger partial charge < -0.3 is 9.15 Å². The van der Waals surface area contributed by atoms with Gasteiger partial charge in [-0.25, -0.2) is 4.98 Å². The molecule has 0 bridgehead atoms. The lowest BCUT2D eigenvalue weighted by Gasteiger charge is -2.21. The third-order valence-electron chi connectivity index (χ3n) is 3.99. The van der Waals surface area contributed by atoms with Crippen LogP contribution in [-0.4, -0.2) is 15.2 Å². The van der Waals surface area contributed by atoms with Crippen molar-refractivity contribution in [2.45, 2.75) is 32.0 Å². The third-order valence-corrected chi connectivity index (χ3v) is 3.99. The first-order chi connectivity index (χ1) is 10.9. The largest absolute Gasteiger partial charge is 0.444 e. The second-order valence-corrected chi connectivity index (χ2v) is 5.51. The number of fused-ring (bicyclic) bond motifs is 1. The lowest BCUT2D eigenvalue weighted by Crippen LogP contribution is -2.12. The smallest absolute Gasteiger partial charge is 0.226 e. The summed E-state index contributed by atoms with van der Waals surface area (Å²) in [5, 5.41) is 7.17. The van der Waals surface area contributed by atoms with E-state index in [4.69, 9.17) is 9.15 Å². The molecule has 1 N–H and O–H groups in total. The minimum Gasteiger partial charge on any atom is -0.444 e. The van der Waals surface area contributed by atoms with Crippen LogP contribution < -0.4 is 0 Å². The molecule has 0 spiro atoms. The van der Waals surface area contributed by atoms with Gasteiger partial charge in [-0.3, -0.25) is 5.10 Å². The Bertz CT molecular complexity index is 748. The van der Waals surface area contributed by atoms with Gasteiger partial charge in [0.15, 0.2) is 0 Å². The van der Waals surface area contributed by atoms with Crippen molar-refractivity contribution in [2.75, 3.05) is 0 Å². The second-order valence-electron chi connectivity index (χ2n) is 5.51. The molecular formula is C17H17N3O2. The molecule has 1 aliphatic carbocycles. The maximum atomic E-state index is 6.01. The zero-order valence-electron chi connectivity index (χ0n) is 12.2. The number of hydrogen-bond donors (Lipinski definition) is 1. The van der Waals surface area contributed by atoms with E-state index in [1.807, 2.05) is 36.5 Å². The number of rotatable bonds is 4. The van der Waals surface area contributed by atoms with Crippen LogP contribution in [0.5, 0.6) is 0 Å². The van der Waals surface area contributed by atoms with E-state index in [-0.39, 0.29) is 6.10 Å². The standard InChI is InChI=1S/C17H17N3O2/c1-2-5-12(6-3-1)17-19-14(11-22-17)10-21-15-8-4-7-13-9-18-20-16(13)15/h1-3,5-6,9,11,15H,4,7-8,10H2,(H,18,20)/t15-/m0/s1. The van der Waals surface area contributed by atoms with Crippen molar-refractivity contribution < 1.29 is 9.15 Å². The normalized spacial score (nSPS) is 17.4. The SMILES string of the molecule is c1ccc(-c2nc(CO[C@H]3CCCc4cn[nH]c43)co2)cc1. The second kappa shape index (κ2) is 5.77. The molecule has 112 valence electrons. The number of oxazole rings is 1. The number of nitrogens with zero attached hydrogens (tertiary/aromatic N) is 2. The van der Waals surface area contributed by atoms with Gasteiger partial charge in [-0.2, -0.15) is 5.10 Å². The fourth-order valence-electron chi connectivity index (χ4n) is 2.86. The molecule has 0 fully saturated rings. The number of nitrogens with one attached hydrogen (secondary N) is 1. The summed E-state index contributed by atoms with van der Waals surface area (Å²) < 4.78 is 11.5. The van der Waals surface area contributed by atoms with Gasteiger partial charge in [0.2, 0.25) is 5.89 Å². The summed E-state index contributed by atoms with van der Waals surface area (Å²) in [5.74, 6) is 0.630. The summed E-state index contributed by atoms with van der Waals surface area (Å²) in [6, 6.07) is 9.87. The van der Waals surface area contributed by atoms with Crippen LogP contribution in [0.25, 0.3) is 11.5 Å². The van der Waals surface area contributed by atoms with E-state index in [1.54, 1.807) is 6.26 Å². The number of aryl methyl sites for hydroxylation is 1. The van der Waals surface area contributed by atoms with E-state index < -0.39 is 0 Å². The van der Waals surface area contributed by atoms with Gasteiger partial charge in [-0.05, 0) is 37.0 Å². The summed E-state index contributed by atoms with van der Waals surface area (Å²) in [6.45, 7) is 0.444. The highest BCUT2D eigenvalue weighted by Crippen LogP contribution is 2.31. The topological polar surface area (TPSA) is 63.9 Å². The Morgan fingerprint density at radius 1 is 1.27 bits per heavy atom. The molecule has 0 saturated heterocycles. The van der Waals surface area contributed by atoms with Gasteiger partial charge in [0.25, 0.3) is 0 Å². The van der Waals surface area contributed by atoms with Crippen molar-refractivity contribution in [3.05, 3.63) is 59.7 Å². The van der Waals surface area contributed by atoms with Crippen molar-refractivity contribution in [3.8, 4) is 11.5 Å². The van der Waals surface area contributed by atoms with Crippen molar-refractivity contribution >= 4 is 0 Å². The monoisotopic (exact) mass is 295 g/mol. The van der Waals surface area contributed by atoms with Crippen molar-refractivity contribution in [3.63, 3.8) is 0 Å². The predicted molar refractivity (Wildman–Crippen MR) is 81.0 cm³/mol. The van der Waals surface area contributed by atoms with E-state index in [0.717, 1.165) is 36.2 Å². The maximum absolute atomic E-state index is 6.01. The number of hydrogen-bond acceptors (Lipinski definition) is 4. The highest BCUT2D eigenvalue weighted by Gasteiger charge is 2.23. The summed E-state index contributed by atoms with van der Waals surface area (Å²) >= 11 is 0. The van der Waals surface area contributed by atoms with Gasteiger partial charge in [-0.1, -0.05) is 18.2 Å². The Morgan fingerprint density at radius 2 is 2.18 bits per heavy atom. The quantitative estimate of drug-likeness (QED) is 0.797. The fraction of sp³-hybridized carbons (Fsp3) is 0.294. The summed E-state index contributed by atoms with van der Waals surface area (Å²) in [7, 11) is 0. The van der Waals surface area contributed by atoms with Crippen LogP contribution in [0, 0.1) is 0 Å². The van der Waals surface area contributed by atoms with Crippen molar-refractivity contribution in [1.29, 1.82) is 0 Å². The molecular weight excluding hydrogens is 278 g/mol. The highest BCUT2D eigenvalue weighted by atomic mass is 16.5.